The molecule has 3 heteroatoms. The summed E-state index contributed by atoms with van der Waals surface area (Å²) in [7, 11) is -0.301. The molecule has 1 heterocycles. The Morgan fingerprint density at radius 1 is 1.04 bits per heavy atom. The third-order valence-electron chi connectivity index (χ3n) is 4.97. The monoisotopic (exact) mass is 312 g/mol. The molecule has 0 N–H and O–H groups in total. The van der Waals surface area contributed by atoms with Gasteiger partial charge in [0.1, 0.15) is 0 Å². The average Bonchev–Trinajstić information content (AvgIpc) is 2.72. The molecule has 0 bridgehead atoms. The van der Waals surface area contributed by atoms with Gasteiger partial charge < -0.3 is 9.31 Å². The molecule has 0 amide bonds. The number of rotatable bonds is 5. The van der Waals surface area contributed by atoms with Gasteiger partial charge in [-0.3, -0.25) is 0 Å². The maximum absolute atomic E-state index is 6.22. The first kappa shape index (κ1) is 18.1. The van der Waals surface area contributed by atoms with Gasteiger partial charge >= 0.3 is 7.12 Å². The van der Waals surface area contributed by atoms with Crippen LogP contribution in [-0.4, -0.2) is 18.3 Å². The highest BCUT2D eigenvalue weighted by Gasteiger charge is 2.52. The van der Waals surface area contributed by atoms with Gasteiger partial charge in [-0.05, 0) is 65.0 Å². The maximum atomic E-state index is 6.22. The summed E-state index contributed by atoms with van der Waals surface area (Å²) >= 11 is 0. The second-order valence-corrected chi connectivity index (χ2v) is 7.36. The topological polar surface area (TPSA) is 18.5 Å². The Labute approximate surface area is 141 Å². The van der Waals surface area contributed by atoms with Crippen molar-refractivity contribution in [2.45, 2.75) is 72.0 Å². The van der Waals surface area contributed by atoms with Crippen molar-refractivity contribution < 1.29 is 9.31 Å². The Kier molecular flexibility index (Phi) is 5.57. The van der Waals surface area contributed by atoms with E-state index in [4.69, 9.17) is 9.31 Å². The lowest BCUT2D eigenvalue weighted by molar-refractivity contribution is 0.00578. The summed E-state index contributed by atoms with van der Waals surface area (Å²) in [6.07, 6.45) is 2.87. The highest BCUT2D eigenvalue weighted by atomic mass is 16.7. The molecule has 1 aromatic rings. The molecule has 0 atom stereocenters. The van der Waals surface area contributed by atoms with E-state index in [9.17, 15) is 0 Å². The van der Waals surface area contributed by atoms with E-state index in [1.54, 1.807) is 0 Å². The minimum absolute atomic E-state index is 0.301. The third-order valence-corrected chi connectivity index (χ3v) is 4.97. The Morgan fingerprint density at radius 3 is 2.13 bits per heavy atom. The summed E-state index contributed by atoms with van der Waals surface area (Å²) in [5, 5.41) is 0. The molecule has 2 rings (SSSR count). The Morgan fingerprint density at radius 2 is 1.61 bits per heavy atom. The Hall–Kier alpha value is -1.28. The molecule has 1 aromatic carbocycles. The second kappa shape index (κ2) is 7.09. The lowest BCUT2D eigenvalue weighted by atomic mass is 9.75. The normalized spacial score (nSPS) is 18.6. The molecule has 124 valence electrons. The number of benzene rings is 1. The van der Waals surface area contributed by atoms with E-state index >= 15 is 0 Å². The van der Waals surface area contributed by atoms with Crippen LogP contribution in [0.2, 0.25) is 0 Å². The number of hydrogen-bond acceptors (Lipinski definition) is 2. The highest BCUT2D eigenvalue weighted by molar-refractivity contribution is 6.54. The fraction of sp³-hybridized carbons (Fsp3) is 0.550. The number of allylic oxidation sites excluding steroid dienone is 1. The van der Waals surface area contributed by atoms with Crippen LogP contribution in [0.25, 0.3) is 0 Å². The zero-order valence-corrected chi connectivity index (χ0v) is 15.4. The first-order valence-electron chi connectivity index (χ1n) is 8.60. The number of hydrogen-bond donors (Lipinski definition) is 0. The SMILES string of the molecule is CCC(C)=C=C(CCc1ccccc1)B1OC(C)(C)C(C)(C)O1. The van der Waals surface area contributed by atoms with E-state index in [0.717, 1.165) is 24.7 Å². The van der Waals surface area contributed by atoms with Crippen LogP contribution < -0.4 is 0 Å². The van der Waals surface area contributed by atoms with E-state index < -0.39 is 0 Å². The van der Waals surface area contributed by atoms with Gasteiger partial charge in [0, 0.05) is 5.47 Å². The maximum Gasteiger partial charge on any atom is 0.498 e. The molecule has 23 heavy (non-hydrogen) atoms. The van der Waals surface area contributed by atoms with Gasteiger partial charge in [-0.2, -0.15) is 0 Å². The van der Waals surface area contributed by atoms with Gasteiger partial charge in [-0.25, -0.2) is 0 Å². The Bertz CT molecular complexity index is 579. The van der Waals surface area contributed by atoms with Gasteiger partial charge in [-0.15, -0.1) is 5.73 Å². The van der Waals surface area contributed by atoms with Gasteiger partial charge in [-0.1, -0.05) is 37.3 Å². The zero-order valence-electron chi connectivity index (χ0n) is 15.4. The van der Waals surface area contributed by atoms with Crippen molar-refractivity contribution in [2.24, 2.45) is 0 Å². The van der Waals surface area contributed by atoms with Gasteiger partial charge in [0.05, 0.1) is 11.2 Å². The van der Waals surface area contributed by atoms with Crippen LogP contribution in [0.3, 0.4) is 0 Å². The third kappa shape index (κ3) is 4.38. The summed E-state index contributed by atoms with van der Waals surface area (Å²) in [5.74, 6) is 0. The molecular weight excluding hydrogens is 283 g/mol. The van der Waals surface area contributed by atoms with Gasteiger partial charge in [0.2, 0.25) is 0 Å². The molecule has 0 aliphatic carbocycles. The first-order chi connectivity index (χ1) is 10.7. The molecular formula is C20H29BO2. The second-order valence-electron chi connectivity index (χ2n) is 7.36. The first-order valence-corrected chi connectivity index (χ1v) is 8.60. The molecule has 0 saturated carbocycles. The van der Waals surface area contributed by atoms with E-state index in [0.29, 0.717) is 0 Å². The van der Waals surface area contributed by atoms with Crippen LogP contribution in [0, 0.1) is 0 Å². The van der Waals surface area contributed by atoms with Crippen LogP contribution >= 0.6 is 0 Å². The van der Waals surface area contributed by atoms with Crippen LogP contribution in [0.5, 0.6) is 0 Å². The van der Waals surface area contributed by atoms with Crippen LogP contribution in [0.15, 0.2) is 47.1 Å². The van der Waals surface area contributed by atoms with Crippen molar-refractivity contribution in [2.75, 3.05) is 0 Å². The smallest absolute Gasteiger partial charge is 0.399 e. The molecule has 0 radical (unpaired) electrons. The lowest BCUT2D eigenvalue weighted by Gasteiger charge is -2.32. The molecule has 0 spiro atoms. The van der Waals surface area contributed by atoms with Crippen molar-refractivity contribution in [1.29, 1.82) is 0 Å². The summed E-state index contributed by atoms with van der Waals surface area (Å²) in [5.41, 5.74) is 6.61. The van der Waals surface area contributed by atoms with Crippen LogP contribution in [0.1, 0.15) is 59.9 Å². The van der Waals surface area contributed by atoms with Crippen molar-refractivity contribution in [3.8, 4) is 0 Å². The van der Waals surface area contributed by atoms with Crippen molar-refractivity contribution >= 4 is 7.12 Å². The standard InChI is InChI=1S/C20H29BO2/c1-7-16(2)15-18(14-13-17-11-9-8-10-12-17)21-22-19(3,4)20(5,6)23-21/h8-12H,7,13-14H2,1-6H3. The lowest BCUT2D eigenvalue weighted by Crippen LogP contribution is -2.41. The van der Waals surface area contributed by atoms with Gasteiger partial charge in [0.25, 0.3) is 0 Å². The van der Waals surface area contributed by atoms with Crippen molar-refractivity contribution in [3.05, 3.63) is 52.7 Å². The molecule has 1 fully saturated rings. The highest BCUT2D eigenvalue weighted by Crippen LogP contribution is 2.39. The summed E-state index contributed by atoms with van der Waals surface area (Å²) in [6, 6.07) is 10.5. The summed E-state index contributed by atoms with van der Waals surface area (Å²) < 4.78 is 12.4. The number of aryl methyl sites for hydroxylation is 1. The predicted octanol–water partition coefficient (Wildman–Crippen LogP) is 5.13. The minimum atomic E-state index is -0.308. The van der Waals surface area contributed by atoms with E-state index in [1.165, 1.54) is 11.1 Å². The fourth-order valence-corrected chi connectivity index (χ4v) is 2.51. The largest absolute Gasteiger partial charge is 0.498 e. The zero-order chi connectivity index (χ0) is 17.1. The molecule has 1 aliphatic heterocycles. The van der Waals surface area contributed by atoms with Crippen LogP contribution in [-0.2, 0) is 15.7 Å². The molecule has 2 nitrogen and oxygen atoms in total. The quantitative estimate of drug-likeness (QED) is 0.554. The van der Waals surface area contributed by atoms with E-state index in [-0.39, 0.29) is 18.3 Å². The van der Waals surface area contributed by atoms with Crippen LogP contribution in [0.4, 0.5) is 0 Å². The van der Waals surface area contributed by atoms with E-state index in [2.05, 4.69) is 77.6 Å². The Balaban J connectivity index is 2.22. The summed E-state index contributed by atoms with van der Waals surface area (Å²) in [6.45, 7) is 12.7. The van der Waals surface area contributed by atoms with Gasteiger partial charge in [0.15, 0.2) is 0 Å². The van der Waals surface area contributed by atoms with Crippen molar-refractivity contribution in [1.82, 2.24) is 0 Å². The van der Waals surface area contributed by atoms with Crippen molar-refractivity contribution in [3.63, 3.8) is 0 Å². The molecule has 0 aromatic heterocycles. The fourth-order valence-electron chi connectivity index (χ4n) is 2.51. The average molecular weight is 312 g/mol. The predicted molar refractivity (Wildman–Crippen MR) is 97.3 cm³/mol. The summed E-state index contributed by atoms with van der Waals surface area (Å²) in [4.78, 5) is 0. The molecule has 1 aliphatic rings. The molecule has 0 unspecified atom stereocenters. The molecule has 1 saturated heterocycles. The van der Waals surface area contributed by atoms with E-state index in [1.807, 2.05) is 0 Å². The minimum Gasteiger partial charge on any atom is -0.399 e.